The molecule has 1 unspecified atom stereocenters. The lowest BCUT2D eigenvalue weighted by atomic mass is 9.93. The molecule has 132 valence electrons. The zero-order chi connectivity index (χ0) is 18.0. The predicted molar refractivity (Wildman–Crippen MR) is 95.2 cm³/mol. The molecular weight excluding hydrogens is 318 g/mol. The molecule has 6 heteroatoms. The Morgan fingerprint density at radius 2 is 2.20 bits per heavy atom. The summed E-state index contributed by atoms with van der Waals surface area (Å²) < 4.78 is 7.08. The van der Waals surface area contributed by atoms with Crippen LogP contribution in [0.15, 0.2) is 29.1 Å². The molecule has 25 heavy (non-hydrogen) atoms. The number of hydrogen-bond donors (Lipinski definition) is 1. The van der Waals surface area contributed by atoms with E-state index in [0.29, 0.717) is 24.3 Å². The lowest BCUT2D eigenvalue weighted by Gasteiger charge is -2.21. The molecule has 1 aromatic carbocycles. The maximum Gasteiger partial charge on any atom is 0.267 e. The quantitative estimate of drug-likeness (QED) is 0.837. The summed E-state index contributed by atoms with van der Waals surface area (Å²) >= 11 is 0. The first-order chi connectivity index (χ1) is 12.0. The van der Waals surface area contributed by atoms with Crippen molar-refractivity contribution in [1.82, 2.24) is 9.78 Å². The molecule has 3 rings (SSSR count). The van der Waals surface area contributed by atoms with Crippen LogP contribution in [-0.4, -0.2) is 28.2 Å². The summed E-state index contributed by atoms with van der Waals surface area (Å²) in [4.78, 5) is 24.1. The lowest BCUT2D eigenvalue weighted by Crippen LogP contribution is -2.33. The number of ether oxygens (including phenoxy) is 1. The van der Waals surface area contributed by atoms with Crippen molar-refractivity contribution in [2.45, 2.75) is 45.7 Å². The van der Waals surface area contributed by atoms with E-state index < -0.39 is 0 Å². The van der Waals surface area contributed by atoms with Crippen molar-refractivity contribution in [3.63, 3.8) is 0 Å². The van der Waals surface area contributed by atoms with E-state index >= 15 is 0 Å². The second kappa shape index (κ2) is 7.19. The highest BCUT2D eigenvalue weighted by Crippen LogP contribution is 2.22. The topological polar surface area (TPSA) is 87.2 Å². The van der Waals surface area contributed by atoms with E-state index in [1.165, 1.54) is 11.6 Å². The largest absolute Gasteiger partial charge is 0.494 e. The molecule has 6 nitrogen and oxygen atoms in total. The summed E-state index contributed by atoms with van der Waals surface area (Å²) in [6.45, 7) is 4.20. The zero-order valence-corrected chi connectivity index (χ0v) is 14.6. The van der Waals surface area contributed by atoms with Gasteiger partial charge >= 0.3 is 0 Å². The number of aryl methyl sites for hydroxylation is 1. The predicted octanol–water partition coefficient (Wildman–Crippen LogP) is 1.71. The van der Waals surface area contributed by atoms with Crippen molar-refractivity contribution >= 4 is 5.78 Å². The Balaban J connectivity index is 1.98. The maximum absolute atomic E-state index is 12.4. The van der Waals surface area contributed by atoms with E-state index in [9.17, 15) is 9.59 Å². The van der Waals surface area contributed by atoms with Crippen molar-refractivity contribution in [3.05, 3.63) is 57.0 Å². The molecule has 0 fully saturated rings. The zero-order valence-electron chi connectivity index (χ0n) is 14.6. The highest BCUT2D eigenvalue weighted by Gasteiger charge is 2.19. The fourth-order valence-corrected chi connectivity index (χ4v) is 3.15. The Labute approximate surface area is 146 Å². The average Bonchev–Trinajstić information content (AvgIpc) is 2.57. The summed E-state index contributed by atoms with van der Waals surface area (Å²) in [6.07, 6.45) is 2.35. The third kappa shape index (κ3) is 3.79. The lowest BCUT2D eigenvalue weighted by molar-refractivity contribution is 0.101. The number of Topliss-reactive ketones (excluding diaryl/α,β-unsaturated/α-hetero) is 1. The molecule has 2 N–H and O–H groups in total. The van der Waals surface area contributed by atoms with Gasteiger partial charge in [0.25, 0.3) is 5.56 Å². The number of hydrogen-bond acceptors (Lipinski definition) is 5. The van der Waals surface area contributed by atoms with Gasteiger partial charge in [0.05, 0.1) is 18.8 Å². The minimum absolute atomic E-state index is 0.0240. The Morgan fingerprint density at radius 3 is 2.92 bits per heavy atom. The van der Waals surface area contributed by atoms with E-state index in [-0.39, 0.29) is 23.9 Å². The van der Waals surface area contributed by atoms with Crippen LogP contribution in [0, 0.1) is 0 Å². The molecule has 0 saturated heterocycles. The van der Waals surface area contributed by atoms with Crippen LogP contribution in [0.25, 0.3) is 0 Å². The molecule has 0 spiro atoms. The van der Waals surface area contributed by atoms with Gasteiger partial charge in [0.15, 0.2) is 5.78 Å². The Morgan fingerprint density at radius 1 is 1.40 bits per heavy atom. The Bertz CT molecular complexity index is 857. The van der Waals surface area contributed by atoms with Gasteiger partial charge in [-0.1, -0.05) is 0 Å². The Hall–Kier alpha value is -2.47. The number of nitrogens with zero attached hydrogens (tertiary/aromatic N) is 2. The molecule has 1 atom stereocenters. The molecule has 0 bridgehead atoms. The Kier molecular flexibility index (Phi) is 4.99. The molecule has 1 aliphatic rings. The molecule has 2 aromatic rings. The third-order valence-electron chi connectivity index (χ3n) is 4.49. The number of ketones is 1. The highest BCUT2D eigenvalue weighted by molar-refractivity contribution is 5.94. The third-order valence-corrected chi connectivity index (χ3v) is 4.49. The number of rotatable bonds is 5. The average molecular weight is 341 g/mol. The highest BCUT2D eigenvalue weighted by atomic mass is 16.5. The number of carbonyl (C=O) groups is 1. The number of fused-ring (bicyclic) bond motifs is 1. The van der Waals surface area contributed by atoms with E-state index in [1.54, 1.807) is 24.3 Å². The van der Waals surface area contributed by atoms with Gasteiger partial charge in [-0.3, -0.25) is 9.59 Å². The summed E-state index contributed by atoms with van der Waals surface area (Å²) in [7, 11) is 0. The van der Waals surface area contributed by atoms with Crippen LogP contribution in [0.4, 0.5) is 0 Å². The summed E-state index contributed by atoms with van der Waals surface area (Å²) in [5.74, 6) is 0.643. The van der Waals surface area contributed by atoms with Crippen LogP contribution < -0.4 is 16.0 Å². The first-order valence-electron chi connectivity index (χ1n) is 8.60. The molecule has 0 amide bonds. The number of nitrogens with two attached hydrogens (primary N) is 1. The van der Waals surface area contributed by atoms with Gasteiger partial charge in [-0.25, -0.2) is 4.68 Å². The van der Waals surface area contributed by atoms with Crippen LogP contribution >= 0.6 is 0 Å². The first-order valence-corrected chi connectivity index (χ1v) is 8.60. The van der Waals surface area contributed by atoms with Crippen molar-refractivity contribution in [2.75, 3.05) is 6.61 Å². The van der Waals surface area contributed by atoms with Gasteiger partial charge in [-0.2, -0.15) is 5.10 Å². The second-order valence-electron chi connectivity index (χ2n) is 6.43. The maximum atomic E-state index is 12.4. The fourth-order valence-electron chi connectivity index (χ4n) is 3.15. The molecule has 1 heterocycles. The van der Waals surface area contributed by atoms with E-state index in [1.807, 2.05) is 6.92 Å². The first kappa shape index (κ1) is 17.4. The van der Waals surface area contributed by atoms with E-state index in [0.717, 1.165) is 29.7 Å². The molecule has 1 aromatic heterocycles. The molecule has 0 radical (unpaired) electrons. The number of aromatic nitrogens is 2. The van der Waals surface area contributed by atoms with Gasteiger partial charge in [-0.05, 0) is 56.9 Å². The number of benzene rings is 1. The summed E-state index contributed by atoms with van der Waals surface area (Å²) in [6, 6.07) is 7.02. The van der Waals surface area contributed by atoms with Crippen molar-refractivity contribution in [3.8, 4) is 5.75 Å². The van der Waals surface area contributed by atoms with E-state index in [2.05, 4.69) is 5.10 Å². The van der Waals surface area contributed by atoms with E-state index in [4.69, 9.17) is 10.5 Å². The van der Waals surface area contributed by atoms with Crippen LogP contribution in [0.5, 0.6) is 5.75 Å². The monoisotopic (exact) mass is 341 g/mol. The van der Waals surface area contributed by atoms with Crippen molar-refractivity contribution < 1.29 is 9.53 Å². The van der Waals surface area contributed by atoms with Crippen molar-refractivity contribution in [1.29, 1.82) is 0 Å². The molecular formula is C19H23N3O3. The number of carbonyl (C=O) groups excluding carboxylic acids is 1. The van der Waals surface area contributed by atoms with Crippen LogP contribution in [0.2, 0.25) is 0 Å². The smallest absolute Gasteiger partial charge is 0.267 e. The van der Waals surface area contributed by atoms with Crippen molar-refractivity contribution in [2.24, 2.45) is 5.73 Å². The van der Waals surface area contributed by atoms with Crippen LogP contribution in [-0.2, 0) is 19.4 Å². The SMILES string of the molecule is CCOc1ccc(C(C)=O)cc1Cn1nc2c(cc1=O)CC(N)CC2. The second-order valence-corrected chi connectivity index (χ2v) is 6.43. The van der Waals surface area contributed by atoms with Gasteiger partial charge < -0.3 is 10.5 Å². The fraction of sp³-hybridized carbons (Fsp3) is 0.421. The van der Waals surface area contributed by atoms with Gasteiger partial charge in [0.1, 0.15) is 5.75 Å². The van der Waals surface area contributed by atoms with Gasteiger partial charge in [0, 0.05) is 23.2 Å². The summed E-state index contributed by atoms with van der Waals surface area (Å²) in [5.41, 5.74) is 9.06. The molecule has 0 saturated carbocycles. The molecule has 1 aliphatic carbocycles. The summed E-state index contributed by atoms with van der Waals surface area (Å²) in [5, 5.41) is 4.53. The van der Waals surface area contributed by atoms with Gasteiger partial charge in [0.2, 0.25) is 0 Å². The normalized spacial score (nSPS) is 16.4. The van der Waals surface area contributed by atoms with Gasteiger partial charge in [-0.15, -0.1) is 0 Å². The minimum Gasteiger partial charge on any atom is -0.494 e. The standard InChI is InChI=1S/C19H23N3O3/c1-3-25-18-7-4-13(12(2)23)8-15(18)11-22-19(24)10-14-9-16(20)5-6-17(14)21-22/h4,7-8,10,16H,3,5-6,9,11,20H2,1-2H3. The molecule has 0 aliphatic heterocycles. The van der Waals surface area contributed by atoms with Crippen LogP contribution in [0.1, 0.15) is 47.4 Å². The minimum atomic E-state index is -0.163. The van der Waals surface area contributed by atoms with Crippen LogP contribution in [0.3, 0.4) is 0 Å².